The first-order valence-electron chi connectivity index (χ1n) is 7.50. The van der Waals surface area contributed by atoms with Crippen LogP contribution in [0.15, 0.2) is 18.4 Å². The summed E-state index contributed by atoms with van der Waals surface area (Å²) in [6.45, 7) is 6.87. The van der Waals surface area contributed by atoms with Crippen molar-refractivity contribution in [3.63, 3.8) is 0 Å². The maximum Gasteiger partial charge on any atom is 0.343 e. The second kappa shape index (κ2) is 7.38. The fourth-order valence-electron chi connectivity index (χ4n) is 2.57. The van der Waals surface area contributed by atoms with Gasteiger partial charge in [-0.2, -0.15) is 0 Å². The summed E-state index contributed by atoms with van der Waals surface area (Å²) in [6, 6.07) is 0. The number of aromatic hydroxyl groups is 2. The molecule has 0 aliphatic heterocycles. The maximum atomic E-state index is 12.1. The van der Waals surface area contributed by atoms with Crippen LogP contribution >= 0.6 is 0 Å². The summed E-state index contributed by atoms with van der Waals surface area (Å²) >= 11 is 0. The van der Waals surface area contributed by atoms with Gasteiger partial charge in [0.05, 0.1) is 11.1 Å². The zero-order valence-electron chi connectivity index (χ0n) is 13.6. The molecular formula is C18H24O6. The maximum absolute atomic E-state index is 12.1. The highest BCUT2D eigenvalue weighted by Gasteiger charge is 2.21. The molecule has 2 heterocycles. The molecule has 6 heteroatoms. The van der Waals surface area contributed by atoms with E-state index in [0.717, 1.165) is 0 Å². The molecule has 0 radical (unpaired) electrons. The largest absolute Gasteiger partial charge is 0.507 e. The third kappa shape index (κ3) is 3.22. The lowest BCUT2D eigenvalue weighted by Crippen LogP contribution is -2.17. The van der Waals surface area contributed by atoms with Gasteiger partial charge in [0, 0.05) is 30.4 Å². The van der Waals surface area contributed by atoms with Crippen LogP contribution in [0.25, 0.3) is 0 Å². The van der Waals surface area contributed by atoms with Gasteiger partial charge in [0.2, 0.25) is 0 Å². The van der Waals surface area contributed by atoms with E-state index in [1.54, 1.807) is 27.7 Å². The van der Waals surface area contributed by atoms with E-state index < -0.39 is 11.3 Å². The summed E-state index contributed by atoms with van der Waals surface area (Å²) in [5, 5.41) is 20.5. The van der Waals surface area contributed by atoms with Crippen LogP contribution in [0.2, 0.25) is 0 Å². The average Bonchev–Trinajstić information content (AvgIpc) is 2.53. The van der Waals surface area contributed by atoms with Crippen LogP contribution in [0.4, 0.5) is 0 Å². The van der Waals surface area contributed by atoms with Crippen LogP contribution in [-0.4, -0.2) is 10.2 Å². The minimum atomic E-state index is -0.721. The Morgan fingerprint density at radius 3 is 1.42 bits per heavy atom. The zero-order valence-corrected chi connectivity index (χ0v) is 13.6. The molecule has 0 saturated carbocycles. The van der Waals surface area contributed by atoms with E-state index in [-0.39, 0.29) is 36.5 Å². The molecule has 0 fully saturated rings. The lowest BCUT2D eigenvalue weighted by molar-refractivity contribution is 0.399. The van der Waals surface area contributed by atoms with E-state index in [9.17, 15) is 19.8 Å². The van der Waals surface area contributed by atoms with E-state index in [0.29, 0.717) is 35.5 Å². The normalized spacial score (nSPS) is 10.5. The summed E-state index contributed by atoms with van der Waals surface area (Å²) in [7, 11) is 0. The van der Waals surface area contributed by atoms with Crippen molar-refractivity contribution in [2.24, 2.45) is 0 Å². The number of aryl methyl sites for hydroxylation is 2. The van der Waals surface area contributed by atoms with Crippen molar-refractivity contribution >= 4 is 0 Å². The SMILES string of the molecule is C.CCc1oc(=O)c(Cc2c(O)c(C)c(CC)oc2=O)c(O)c1C. The Morgan fingerprint density at radius 1 is 0.792 bits per heavy atom. The summed E-state index contributed by atoms with van der Waals surface area (Å²) in [5.74, 6) is 0.360. The minimum Gasteiger partial charge on any atom is -0.507 e. The van der Waals surface area contributed by atoms with Crippen LogP contribution in [0, 0.1) is 13.8 Å². The molecule has 0 aromatic carbocycles. The molecule has 2 rings (SSSR count). The molecule has 132 valence electrons. The Labute approximate surface area is 140 Å². The van der Waals surface area contributed by atoms with Crippen molar-refractivity contribution in [1.29, 1.82) is 0 Å². The second-order valence-electron chi connectivity index (χ2n) is 5.41. The van der Waals surface area contributed by atoms with E-state index in [1.165, 1.54) is 0 Å². The van der Waals surface area contributed by atoms with Crippen molar-refractivity contribution in [1.82, 2.24) is 0 Å². The van der Waals surface area contributed by atoms with Gasteiger partial charge in [-0.25, -0.2) is 9.59 Å². The molecule has 0 atom stereocenters. The Balaban J connectivity index is 0.00000288. The Bertz CT molecular complexity index is 786. The molecule has 24 heavy (non-hydrogen) atoms. The first-order valence-corrected chi connectivity index (χ1v) is 7.50. The molecule has 0 bridgehead atoms. The standard InChI is InChI=1S/C17H20O6.CH4/c1-5-12-8(3)14(18)10(16(20)22-12)7-11-15(19)9(4)13(6-2)23-17(11)21;/h18-19H,5-7H2,1-4H3;1H4. The number of hydrogen-bond donors (Lipinski definition) is 2. The molecule has 2 aromatic heterocycles. The third-order valence-electron chi connectivity index (χ3n) is 4.04. The van der Waals surface area contributed by atoms with Gasteiger partial charge in [0.1, 0.15) is 23.0 Å². The fraction of sp³-hybridized carbons (Fsp3) is 0.444. The van der Waals surface area contributed by atoms with Gasteiger partial charge in [0.15, 0.2) is 0 Å². The van der Waals surface area contributed by atoms with Gasteiger partial charge in [-0.15, -0.1) is 0 Å². The zero-order chi connectivity index (χ0) is 17.3. The van der Waals surface area contributed by atoms with Crippen molar-refractivity contribution in [3.8, 4) is 11.5 Å². The monoisotopic (exact) mass is 336 g/mol. The Hall–Kier alpha value is -2.50. The van der Waals surface area contributed by atoms with E-state index in [1.807, 2.05) is 0 Å². The van der Waals surface area contributed by atoms with Crippen LogP contribution in [0.3, 0.4) is 0 Å². The van der Waals surface area contributed by atoms with Crippen molar-refractivity contribution < 1.29 is 19.0 Å². The van der Waals surface area contributed by atoms with E-state index in [4.69, 9.17) is 8.83 Å². The lowest BCUT2D eigenvalue weighted by atomic mass is 10.0. The second-order valence-corrected chi connectivity index (χ2v) is 5.41. The van der Waals surface area contributed by atoms with Gasteiger partial charge in [-0.05, 0) is 13.8 Å². The fourth-order valence-corrected chi connectivity index (χ4v) is 2.57. The van der Waals surface area contributed by atoms with Gasteiger partial charge in [-0.1, -0.05) is 21.3 Å². The predicted molar refractivity (Wildman–Crippen MR) is 91.1 cm³/mol. The smallest absolute Gasteiger partial charge is 0.343 e. The first kappa shape index (κ1) is 19.5. The highest BCUT2D eigenvalue weighted by atomic mass is 16.4. The van der Waals surface area contributed by atoms with Crippen LogP contribution < -0.4 is 11.3 Å². The van der Waals surface area contributed by atoms with Gasteiger partial charge < -0.3 is 19.0 Å². The van der Waals surface area contributed by atoms with Gasteiger partial charge in [-0.3, -0.25) is 0 Å². The molecular weight excluding hydrogens is 312 g/mol. The highest BCUT2D eigenvalue weighted by Crippen LogP contribution is 2.28. The molecule has 0 unspecified atom stereocenters. The number of hydrogen-bond acceptors (Lipinski definition) is 6. The molecule has 0 saturated heterocycles. The minimum absolute atomic E-state index is 0. The summed E-state index contributed by atoms with van der Waals surface area (Å²) in [4.78, 5) is 24.1. The third-order valence-corrected chi connectivity index (χ3v) is 4.04. The molecule has 0 amide bonds. The first-order chi connectivity index (χ1) is 10.8. The summed E-state index contributed by atoms with van der Waals surface area (Å²) in [6.07, 6.45) is 0.678. The van der Waals surface area contributed by atoms with Crippen LogP contribution in [0.1, 0.15) is 55.0 Å². The molecule has 2 aromatic rings. The average molecular weight is 336 g/mol. The molecule has 0 spiro atoms. The predicted octanol–water partition coefficient (Wildman–Crippen LogP) is 2.97. The van der Waals surface area contributed by atoms with Crippen LogP contribution in [-0.2, 0) is 19.3 Å². The van der Waals surface area contributed by atoms with Crippen molar-refractivity contribution in [3.05, 3.63) is 54.6 Å². The van der Waals surface area contributed by atoms with Gasteiger partial charge >= 0.3 is 11.3 Å². The molecule has 0 aliphatic rings. The quantitative estimate of drug-likeness (QED) is 0.890. The number of rotatable bonds is 4. The topological polar surface area (TPSA) is 101 Å². The summed E-state index contributed by atoms with van der Waals surface area (Å²) < 4.78 is 10.3. The lowest BCUT2D eigenvalue weighted by Gasteiger charge is -2.11. The van der Waals surface area contributed by atoms with Crippen molar-refractivity contribution in [2.75, 3.05) is 0 Å². The summed E-state index contributed by atoms with van der Waals surface area (Å²) in [5.41, 5.74) is -0.667. The Kier molecular flexibility index (Phi) is 6.01. The van der Waals surface area contributed by atoms with E-state index in [2.05, 4.69) is 0 Å². The van der Waals surface area contributed by atoms with Gasteiger partial charge in [0.25, 0.3) is 0 Å². The highest BCUT2D eigenvalue weighted by molar-refractivity contribution is 5.46. The Morgan fingerprint density at radius 2 is 1.12 bits per heavy atom. The van der Waals surface area contributed by atoms with E-state index >= 15 is 0 Å². The van der Waals surface area contributed by atoms with Crippen LogP contribution in [0.5, 0.6) is 11.5 Å². The van der Waals surface area contributed by atoms with Crippen molar-refractivity contribution in [2.45, 2.75) is 54.4 Å². The molecule has 2 N–H and O–H groups in total. The molecule has 0 aliphatic carbocycles. The molecule has 6 nitrogen and oxygen atoms in total.